The van der Waals surface area contributed by atoms with Gasteiger partial charge in [0.15, 0.2) is 6.10 Å². The second-order valence-electron chi connectivity index (χ2n) is 17.5. The molecule has 1 unspecified atom stereocenters. The Bertz CT molecular complexity index is 1310. The van der Waals surface area contributed by atoms with Crippen LogP contribution in [-0.2, 0) is 28.6 Å². The third-order valence-corrected chi connectivity index (χ3v) is 11.2. The summed E-state index contributed by atoms with van der Waals surface area (Å²) in [6.45, 7) is 6.36. The molecule has 0 aromatic carbocycles. The molecule has 0 rings (SSSR count). The van der Waals surface area contributed by atoms with Crippen molar-refractivity contribution in [2.45, 2.75) is 245 Å². The van der Waals surface area contributed by atoms with Gasteiger partial charge in [-0.3, -0.25) is 14.4 Å². The number of unbranched alkanes of at least 4 members (excludes halogenated alkanes) is 23. The number of carbonyl (C=O) groups is 3. The van der Waals surface area contributed by atoms with Crippen LogP contribution in [0.3, 0.4) is 0 Å². The zero-order valence-electron chi connectivity index (χ0n) is 42.2. The van der Waals surface area contributed by atoms with Crippen molar-refractivity contribution in [3.05, 3.63) is 97.2 Å². The van der Waals surface area contributed by atoms with Crippen LogP contribution < -0.4 is 0 Å². The number of rotatable bonds is 47. The Hall–Kier alpha value is -3.67. The molecule has 0 saturated carbocycles. The highest BCUT2D eigenvalue weighted by Crippen LogP contribution is 2.15. The number of carbonyl (C=O) groups excluding carboxylic acids is 3. The number of ether oxygens (including phenoxy) is 3. The second kappa shape index (κ2) is 52.9. The maximum atomic E-state index is 12.8. The third kappa shape index (κ3) is 51.2. The van der Waals surface area contributed by atoms with E-state index in [1.807, 2.05) is 18.2 Å². The molecule has 0 aliphatic carbocycles. The summed E-state index contributed by atoms with van der Waals surface area (Å²) in [6, 6.07) is 0. The first-order valence-corrected chi connectivity index (χ1v) is 26.8. The van der Waals surface area contributed by atoms with Crippen molar-refractivity contribution in [3.8, 4) is 0 Å². The topological polar surface area (TPSA) is 78.9 Å². The van der Waals surface area contributed by atoms with Gasteiger partial charge in [0.1, 0.15) is 13.2 Å². The van der Waals surface area contributed by atoms with E-state index in [9.17, 15) is 14.4 Å². The summed E-state index contributed by atoms with van der Waals surface area (Å²) in [5, 5.41) is 0. The van der Waals surface area contributed by atoms with Gasteiger partial charge in [-0.1, -0.05) is 240 Å². The van der Waals surface area contributed by atoms with Crippen molar-refractivity contribution < 1.29 is 28.6 Å². The minimum Gasteiger partial charge on any atom is -0.462 e. The highest BCUT2D eigenvalue weighted by molar-refractivity contribution is 5.71. The molecule has 1 atom stereocenters. The van der Waals surface area contributed by atoms with Crippen LogP contribution in [0.1, 0.15) is 239 Å². The number of allylic oxidation sites excluding steroid dienone is 16. The normalized spacial score (nSPS) is 12.8. The largest absolute Gasteiger partial charge is 0.462 e. The van der Waals surface area contributed by atoms with Crippen LogP contribution in [0.5, 0.6) is 0 Å². The predicted octanol–water partition coefficient (Wildman–Crippen LogP) is 17.8. The summed E-state index contributed by atoms with van der Waals surface area (Å²) in [7, 11) is 0. The van der Waals surface area contributed by atoms with E-state index in [0.29, 0.717) is 19.3 Å². The zero-order valence-corrected chi connectivity index (χ0v) is 42.2. The van der Waals surface area contributed by atoms with Crippen molar-refractivity contribution in [1.82, 2.24) is 0 Å². The molecule has 0 heterocycles. The Morgan fingerprint density at radius 3 is 1.12 bits per heavy atom. The van der Waals surface area contributed by atoms with E-state index in [2.05, 4.69) is 99.8 Å². The predicted molar refractivity (Wildman–Crippen MR) is 279 cm³/mol. The van der Waals surface area contributed by atoms with E-state index in [4.69, 9.17) is 14.2 Å². The Kier molecular flexibility index (Phi) is 50.0. The highest BCUT2D eigenvalue weighted by atomic mass is 16.6. The third-order valence-electron chi connectivity index (χ3n) is 11.2. The molecule has 0 N–H and O–H groups in total. The van der Waals surface area contributed by atoms with Crippen LogP contribution in [0.25, 0.3) is 0 Å². The number of hydrogen-bond acceptors (Lipinski definition) is 6. The standard InChI is InChI=1S/C59H98O6/c1-4-7-10-13-16-19-22-25-27-28-29-30-32-34-37-40-43-46-49-52-58(61)64-55-56(54-63-57(60)51-48-45-42-39-36-33-24-21-18-15-12-9-6-3)65-59(62)53-50-47-44-41-38-35-31-26-23-20-17-14-11-8-5-2/h7-8,10-11,14,16-17,19-20,23,25-27,29-31,56H,4-6,9,12-13,15,18,21-22,24,28,32-55H2,1-3H3/b10-7-,11-8-,17-14-,19-16-,23-20-,27-25-,30-29-,31-26-. The van der Waals surface area contributed by atoms with Crippen LogP contribution in [0, 0.1) is 0 Å². The minimum absolute atomic E-state index is 0.0912. The summed E-state index contributed by atoms with van der Waals surface area (Å²) in [4.78, 5) is 38.0. The molecule has 0 aromatic rings. The molecule has 0 saturated heterocycles. The van der Waals surface area contributed by atoms with Gasteiger partial charge in [0.05, 0.1) is 0 Å². The van der Waals surface area contributed by atoms with Gasteiger partial charge in [-0.2, -0.15) is 0 Å². The molecular weight excluding hydrogens is 805 g/mol. The fourth-order valence-corrected chi connectivity index (χ4v) is 7.21. The number of hydrogen-bond donors (Lipinski definition) is 0. The van der Waals surface area contributed by atoms with Gasteiger partial charge in [0.2, 0.25) is 0 Å². The smallest absolute Gasteiger partial charge is 0.306 e. The molecule has 0 amide bonds. The van der Waals surface area contributed by atoms with Gasteiger partial charge >= 0.3 is 17.9 Å². The maximum Gasteiger partial charge on any atom is 0.306 e. The first-order valence-electron chi connectivity index (χ1n) is 26.8. The Morgan fingerprint density at radius 1 is 0.338 bits per heavy atom. The Morgan fingerprint density at radius 2 is 0.677 bits per heavy atom. The maximum absolute atomic E-state index is 12.8. The van der Waals surface area contributed by atoms with Gasteiger partial charge in [0, 0.05) is 19.3 Å². The van der Waals surface area contributed by atoms with Gasteiger partial charge in [-0.05, 0) is 77.0 Å². The second-order valence-corrected chi connectivity index (χ2v) is 17.5. The van der Waals surface area contributed by atoms with E-state index in [-0.39, 0.29) is 31.1 Å². The lowest BCUT2D eigenvalue weighted by molar-refractivity contribution is -0.167. The monoisotopic (exact) mass is 903 g/mol. The minimum atomic E-state index is -0.795. The Labute approximate surface area is 400 Å². The average molecular weight is 903 g/mol. The van der Waals surface area contributed by atoms with Crippen molar-refractivity contribution >= 4 is 17.9 Å². The first kappa shape index (κ1) is 61.3. The molecule has 0 spiro atoms. The fourth-order valence-electron chi connectivity index (χ4n) is 7.21. The van der Waals surface area contributed by atoms with E-state index >= 15 is 0 Å². The van der Waals surface area contributed by atoms with E-state index < -0.39 is 6.10 Å². The van der Waals surface area contributed by atoms with Crippen molar-refractivity contribution in [3.63, 3.8) is 0 Å². The lowest BCUT2D eigenvalue weighted by Crippen LogP contribution is -2.30. The van der Waals surface area contributed by atoms with Crippen LogP contribution in [0.2, 0.25) is 0 Å². The van der Waals surface area contributed by atoms with Crippen molar-refractivity contribution in [2.75, 3.05) is 13.2 Å². The van der Waals surface area contributed by atoms with Crippen LogP contribution >= 0.6 is 0 Å². The molecule has 0 bridgehead atoms. The molecule has 0 radical (unpaired) electrons. The van der Waals surface area contributed by atoms with E-state index in [1.165, 1.54) is 77.0 Å². The molecule has 0 fully saturated rings. The lowest BCUT2D eigenvalue weighted by atomic mass is 10.0. The first-order chi connectivity index (χ1) is 32.0. The van der Waals surface area contributed by atoms with Gasteiger partial charge in [-0.15, -0.1) is 0 Å². The fraction of sp³-hybridized carbons (Fsp3) is 0.678. The SMILES string of the molecule is CC\C=C/C=C\C=C/C=C\CCCCCCCC(=O)OC(COC(=O)CCCCCCCC/C=C\C/C=C\C/C=C\C/C=C\CC)COC(=O)CCCCCCCCCCCCCCC. The van der Waals surface area contributed by atoms with Gasteiger partial charge in [-0.25, -0.2) is 0 Å². The van der Waals surface area contributed by atoms with Crippen LogP contribution in [0.4, 0.5) is 0 Å². The van der Waals surface area contributed by atoms with Crippen LogP contribution in [0.15, 0.2) is 97.2 Å². The van der Waals surface area contributed by atoms with E-state index in [1.54, 1.807) is 0 Å². The molecule has 65 heavy (non-hydrogen) atoms. The van der Waals surface area contributed by atoms with Gasteiger partial charge < -0.3 is 14.2 Å². The molecule has 6 heteroatoms. The molecular formula is C59H98O6. The summed E-state index contributed by atoms with van der Waals surface area (Å²) >= 11 is 0. The quantitative estimate of drug-likeness (QED) is 0.0199. The number of esters is 3. The Balaban J connectivity index is 4.44. The summed E-state index contributed by atoms with van der Waals surface area (Å²) < 4.78 is 16.8. The van der Waals surface area contributed by atoms with Crippen molar-refractivity contribution in [2.24, 2.45) is 0 Å². The summed E-state index contributed by atoms with van der Waals surface area (Å²) in [6.07, 6.45) is 69.6. The van der Waals surface area contributed by atoms with Gasteiger partial charge in [0.25, 0.3) is 0 Å². The molecule has 0 aliphatic heterocycles. The molecule has 6 nitrogen and oxygen atoms in total. The van der Waals surface area contributed by atoms with Crippen molar-refractivity contribution in [1.29, 1.82) is 0 Å². The zero-order chi connectivity index (χ0) is 47.2. The highest BCUT2D eigenvalue weighted by Gasteiger charge is 2.19. The molecule has 370 valence electrons. The van der Waals surface area contributed by atoms with Crippen LogP contribution in [-0.4, -0.2) is 37.2 Å². The average Bonchev–Trinajstić information content (AvgIpc) is 3.30. The van der Waals surface area contributed by atoms with E-state index in [0.717, 1.165) is 122 Å². The summed E-state index contributed by atoms with van der Waals surface area (Å²) in [5.41, 5.74) is 0. The summed E-state index contributed by atoms with van der Waals surface area (Å²) in [5.74, 6) is -0.929. The molecule has 0 aliphatic rings. The lowest BCUT2D eigenvalue weighted by Gasteiger charge is -2.18. The molecule has 0 aromatic heterocycles.